The molecule has 6 heteroatoms. The number of thiophene rings is 1. The van der Waals surface area contributed by atoms with Gasteiger partial charge in [0.1, 0.15) is 0 Å². The van der Waals surface area contributed by atoms with Crippen LogP contribution >= 0.6 is 23.1 Å². The SMILES string of the molecule is COC(=O)CCCNC(=O)c1ccccc1SCc1cccs1. The predicted octanol–water partition coefficient (Wildman–Crippen LogP) is 3.72. The van der Waals surface area contributed by atoms with Crippen LogP contribution in [0.3, 0.4) is 0 Å². The number of ether oxygens (including phenoxy) is 1. The van der Waals surface area contributed by atoms with Crippen LogP contribution in [0.4, 0.5) is 0 Å². The Morgan fingerprint density at radius 3 is 2.78 bits per heavy atom. The first-order valence-electron chi connectivity index (χ1n) is 7.30. The van der Waals surface area contributed by atoms with Crippen molar-refractivity contribution < 1.29 is 14.3 Å². The van der Waals surface area contributed by atoms with Crippen LogP contribution in [0.15, 0.2) is 46.7 Å². The van der Waals surface area contributed by atoms with Crippen LogP contribution in [0.1, 0.15) is 28.1 Å². The van der Waals surface area contributed by atoms with Crippen LogP contribution in [0, 0.1) is 0 Å². The van der Waals surface area contributed by atoms with Crippen molar-refractivity contribution in [2.24, 2.45) is 0 Å². The molecule has 2 rings (SSSR count). The van der Waals surface area contributed by atoms with Crippen molar-refractivity contribution >= 4 is 35.0 Å². The van der Waals surface area contributed by atoms with Crippen LogP contribution in [-0.2, 0) is 15.3 Å². The van der Waals surface area contributed by atoms with E-state index in [1.807, 2.05) is 30.3 Å². The van der Waals surface area contributed by atoms with E-state index in [-0.39, 0.29) is 11.9 Å². The average molecular weight is 349 g/mol. The number of thioether (sulfide) groups is 1. The summed E-state index contributed by atoms with van der Waals surface area (Å²) in [6.45, 7) is 0.456. The Morgan fingerprint density at radius 2 is 2.04 bits per heavy atom. The van der Waals surface area contributed by atoms with Gasteiger partial charge in [0.2, 0.25) is 0 Å². The lowest BCUT2D eigenvalue weighted by molar-refractivity contribution is -0.140. The predicted molar refractivity (Wildman–Crippen MR) is 93.9 cm³/mol. The van der Waals surface area contributed by atoms with Gasteiger partial charge in [-0.15, -0.1) is 23.1 Å². The van der Waals surface area contributed by atoms with E-state index in [9.17, 15) is 9.59 Å². The van der Waals surface area contributed by atoms with Crippen LogP contribution < -0.4 is 5.32 Å². The van der Waals surface area contributed by atoms with E-state index in [4.69, 9.17) is 0 Å². The van der Waals surface area contributed by atoms with Crippen LogP contribution in [0.2, 0.25) is 0 Å². The highest BCUT2D eigenvalue weighted by Gasteiger charge is 2.11. The molecule has 0 spiro atoms. The van der Waals surface area contributed by atoms with Crippen molar-refractivity contribution in [2.45, 2.75) is 23.5 Å². The molecular weight excluding hydrogens is 330 g/mol. The van der Waals surface area contributed by atoms with Gasteiger partial charge in [-0.1, -0.05) is 18.2 Å². The molecule has 0 radical (unpaired) electrons. The Morgan fingerprint density at radius 1 is 1.22 bits per heavy atom. The molecule has 0 aliphatic rings. The Bertz CT molecular complexity index is 641. The maximum atomic E-state index is 12.3. The monoisotopic (exact) mass is 349 g/mol. The van der Waals surface area contributed by atoms with Gasteiger partial charge in [-0.05, 0) is 30.0 Å². The van der Waals surface area contributed by atoms with E-state index >= 15 is 0 Å². The quantitative estimate of drug-likeness (QED) is 0.448. The number of esters is 1. The van der Waals surface area contributed by atoms with Crippen molar-refractivity contribution in [3.05, 3.63) is 52.2 Å². The molecule has 0 fully saturated rings. The Labute approximate surface area is 144 Å². The maximum Gasteiger partial charge on any atom is 0.305 e. The zero-order valence-corrected chi connectivity index (χ0v) is 14.5. The highest BCUT2D eigenvalue weighted by molar-refractivity contribution is 7.98. The molecule has 0 unspecified atom stereocenters. The third-order valence-electron chi connectivity index (χ3n) is 3.15. The summed E-state index contributed by atoms with van der Waals surface area (Å²) >= 11 is 3.37. The summed E-state index contributed by atoms with van der Waals surface area (Å²) in [4.78, 5) is 25.6. The summed E-state index contributed by atoms with van der Waals surface area (Å²) in [6, 6.07) is 11.7. The molecule has 1 aromatic heterocycles. The van der Waals surface area contributed by atoms with Gasteiger partial charge in [0, 0.05) is 28.5 Å². The van der Waals surface area contributed by atoms with Gasteiger partial charge < -0.3 is 10.1 Å². The molecular formula is C17H19NO3S2. The van der Waals surface area contributed by atoms with Gasteiger partial charge in [-0.25, -0.2) is 0 Å². The Hall–Kier alpha value is -1.79. The molecule has 0 atom stereocenters. The zero-order valence-electron chi connectivity index (χ0n) is 12.9. The summed E-state index contributed by atoms with van der Waals surface area (Å²) < 4.78 is 4.57. The molecule has 0 aliphatic heterocycles. The van der Waals surface area contributed by atoms with Crippen LogP contribution in [0.25, 0.3) is 0 Å². The van der Waals surface area contributed by atoms with Crippen LogP contribution in [-0.4, -0.2) is 25.5 Å². The third-order valence-corrected chi connectivity index (χ3v) is 5.33. The smallest absolute Gasteiger partial charge is 0.305 e. The largest absolute Gasteiger partial charge is 0.469 e. The maximum absolute atomic E-state index is 12.3. The van der Waals surface area contributed by atoms with E-state index in [0.29, 0.717) is 24.9 Å². The van der Waals surface area contributed by atoms with Crippen molar-refractivity contribution in [1.82, 2.24) is 5.32 Å². The lowest BCUT2D eigenvalue weighted by atomic mass is 10.2. The molecule has 23 heavy (non-hydrogen) atoms. The molecule has 1 aromatic carbocycles. The normalized spacial score (nSPS) is 10.3. The zero-order chi connectivity index (χ0) is 16.5. The average Bonchev–Trinajstić information content (AvgIpc) is 3.10. The van der Waals surface area contributed by atoms with E-state index in [2.05, 4.69) is 21.5 Å². The fraction of sp³-hybridized carbons (Fsp3) is 0.294. The number of carbonyl (C=O) groups excluding carboxylic acids is 2. The van der Waals surface area contributed by atoms with Gasteiger partial charge >= 0.3 is 5.97 Å². The van der Waals surface area contributed by atoms with Gasteiger partial charge in [-0.2, -0.15) is 0 Å². The van der Waals surface area contributed by atoms with Crippen molar-refractivity contribution in [2.75, 3.05) is 13.7 Å². The van der Waals surface area contributed by atoms with Crippen molar-refractivity contribution in [3.63, 3.8) is 0 Å². The van der Waals surface area contributed by atoms with E-state index in [1.54, 1.807) is 23.1 Å². The lowest BCUT2D eigenvalue weighted by Gasteiger charge is -2.09. The number of rotatable bonds is 8. The van der Waals surface area contributed by atoms with E-state index in [0.717, 1.165) is 10.6 Å². The molecule has 0 bridgehead atoms. The summed E-state index contributed by atoms with van der Waals surface area (Å²) in [6.07, 6.45) is 0.883. The molecule has 4 nitrogen and oxygen atoms in total. The fourth-order valence-corrected chi connectivity index (χ4v) is 3.78. The highest BCUT2D eigenvalue weighted by atomic mass is 32.2. The second-order valence-electron chi connectivity index (χ2n) is 4.80. The number of carbonyl (C=O) groups is 2. The number of hydrogen-bond acceptors (Lipinski definition) is 5. The topological polar surface area (TPSA) is 55.4 Å². The molecule has 0 saturated heterocycles. The lowest BCUT2D eigenvalue weighted by Crippen LogP contribution is -2.25. The van der Waals surface area contributed by atoms with E-state index < -0.39 is 0 Å². The fourth-order valence-electron chi connectivity index (χ4n) is 1.96. The molecule has 1 heterocycles. The standard InChI is InChI=1S/C17H19NO3S2/c1-21-16(19)9-4-10-18-17(20)14-7-2-3-8-15(14)23-12-13-6-5-11-22-13/h2-3,5-8,11H,4,9-10,12H2,1H3,(H,18,20). The Kier molecular flexibility index (Phi) is 7.16. The highest BCUT2D eigenvalue weighted by Crippen LogP contribution is 2.27. The van der Waals surface area contributed by atoms with Crippen LogP contribution in [0.5, 0.6) is 0 Å². The molecule has 2 aromatic rings. The number of methoxy groups -OCH3 is 1. The van der Waals surface area contributed by atoms with Gasteiger partial charge in [0.25, 0.3) is 5.91 Å². The Balaban J connectivity index is 1.88. The summed E-state index contributed by atoms with van der Waals surface area (Å²) in [5.41, 5.74) is 0.673. The second-order valence-corrected chi connectivity index (χ2v) is 6.85. The number of amides is 1. The van der Waals surface area contributed by atoms with Gasteiger partial charge in [0.05, 0.1) is 12.7 Å². The van der Waals surface area contributed by atoms with Gasteiger partial charge in [-0.3, -0.25) is 9.59 Å². The first kappa shape index (κ1) is 17.6. The molecule has 1 amide bonds. The molecule has 0 aliphatic carbocycles. The number of hydrogen-bond donors (Lipinski definition) is 1. The first-order valence-corrected chi connectivity index (χ1v) is 9.16. The molecule has 0 saturated carbocycles. The number of benzene rings is 1. The first-order chi connectivity index (χ1) is 11.2. The second kappa shape index (κ2) is 9.37. The molecule has 1 N–H and O–H groups in total. The molecule has 122 valence electrons. The summed E-state index contributed by atoms with van der Waals surface area (Å²) in [7, 11) is 1.36. The van der Waals surface area contributed by atoms with Gasteiger partial charge in [0.15, 0.2) is 0 Å². The van der Waals surface area contributed by atoms with E-state index in [1.165, 1.54) is 12.0 Å². The number of nitrogens with one attached hydrogen (secondary N) is 1. The van der Waals surface area contributed by atoms with Crippen molar-refractivity contribution in [1.29, 1.82) is 0 Å². The minimum absolute atomic E-state index is 0.107. The minimum Gasteiger partial charge on any atom is -0.469 e. The third kappa shape index (κ3) is 5.73. The summed E-state index contributed by atoms with van der Waals surface area (Å²) in [5, 5.41) is 4.91. The minimum atomic E-state index is -0.258. The van der Waals surface area contributed by atoms with Crippen molar-refractivity contribution in [3.8, 4) is 0 Å². The summed E-state index contributed by atoms with van der Waals surface area (Å²) in [5.74, 6) is 0.486.